The zero-order valence-corrected chi connectivity index (χ0v) is 13.9. The van der Waals surface area contributed by atoms with Gasteiger partial charge in [-0.05, 0) is 25.0 Å². The lowest BCUT2D eigenvalue weighted by Crippen LogP contribution is -2.19. The molecule has 0 atom stereocenters. The summed E-state index contributed by atoms with van der Waals surface area (Å²) in [5.74, 6) is 2.00. The molecule has 128 valence electrons. The van der Waals surface area contributed by atoms with Crippen LogP contribution in [-0.2, 0) is 4.79 Å². The van der Waals surface area contributed by atoms with Gasteiger partial charge in [0.2, 0.25) is 5.91 Å². The number of hydrogen-bond donors (Lipinski definition) is 1. The molecular formula is C18H23N3O3. The third-order valence-electron chi connectivity index (χ3n) is 4.26. The molecule has 2 aromatic rings. The summed E-state index contributed by atoms with van der Waals surface area (Å²) >= 11 is 0. The Morgan fingerprint density at radius 2 is 2.00 bits per heavy atom. The quantitative estimate of drug-likeness (QED) is 0.845. The minimum Gasteiger partial charge on any atom is -0.493 e. The minimum atomic E-state index is -0.0790. The van der Waals surface area contributed by atoms with Gasteiger partial charge in [-0.25, -0.2) is 4.68 Å². The van der Waals surface area contributed by atoms with Gasteiger partial charge in [0.1, 0.15) is 5.82 Å². The molecule has 1 aromatic carbocycles. The second-order valence-electron chi connectivity index (χ2n) is 5.90. The lowest BCUT2D eigenvalue weighted by molar-refractivity contribution is -0.116. The molecule has 0 saturated heterocycles. The summed E-state index contributed by atoms with van der Waals surface area (Å²) in [4.78, 5) is 12.2. The molecule has 1 aliphatic carbocycles. The second kappa shape index (κ2) is 7.86. The maximum absolute atomic E-state index is 12.2. The van der Waals surface area contributed by atoms with Crippen LogP contribution in [0.4, 0.5) is 5.82 Å². The maximum atomic E-state index is 12.2. The first kappa shape index (κ1) is 16.4. The molecular weight excluding hydrogens is 306 g/mol. The largest absolute Gasteiger partial charge is 0.493 e. The van der Waals surface area contributed by atoms with Gasteiger partial charge in [-0.1, -0.05) is 25.0 Å². The molecule has 1 heterocycles. The molecule has 1 N–H and O–H groups in total. The summed E-state index contributed by atoms with van der Waals surface area (Å²) in [6, 6.07) is 9.65. The van der Waals surface area contributed by atoms with Crippen LogP contribution >= 0.6 is 0 Å². The molecule has 1 aromatic heterocycles. The fraction of sp³-hybridized carbons (Fsp3) is 0.444. The van der Waals surface area contributed by atoms with E-state index in [0.717, 1.165) is 18.7 Å². The summed E-state index contributed by atoms with van der Waals surface area (Å²) in [6.45, 7) is 0.295. The van der Waals surface area contributed by atoms with Crippen molar-refractivity contribution in [2.45, 2.75) is 38.1 Å². The van der Waals surface area contributed by atoms with Gasteiger partial charge in [-0.15, -0.1) is 0 Å². The summed E-state index contributed by atoms with van der Waals surface area (Å²) in [5.41, 5.74) is 0. The van der Waals surface area contributed by atoms with Crippen molar-refractivity contribution in [1.82, 2.24) is 9.78 Å². The standard InChI is InChI=1S/C18H23N3O3/c1-23-15-8-4-5-9-16(15)24-13-11-18(22)20-17-10-12-19-21(17)14-6-2-3-7-14/h4-5,8-10,12,14H,2-3,6-7,11,13H2,1H3,(H,20,22). The molecule has 1 fully saturated rings. The summed E-state index contributed by atoms with van der Waals surface area (Å²) < 4.78 is 12.8. The lowest BCUT2D eigenvalue weighted by Gasteiger charge is -2.15. The summed E-state index contributed by atoms with van der Waals surface area (Å²) in [6.07, 6.45) is 6.71. The van der Waals surface area contributed by atoms with Crippen LogP contribution in [0.2, 0.25) is 0 Å². The molecule has 1 saturated carbocycles. The number of methoxy groups -OCH3 is 1. The van der Waals surface area contributed by atoms with Crippen molar-refractivity contribution in [2.24, 2.45) is 0 Å². The van der Waals surface area contributed by atoms with E-state index in [2.05, 4.69) is 10.4 Å². The SMILES string of the molecule is COc1ccccc1OCCC(=O)Nc1ccnn1C1CCCC1. The number of benzene rings is 1. The Morgan fingerprint density at radius 3 is 2.75 bits per heavy atom. The Bertz CT molecular complexity index is 678. The highest BCUT2D eigenvalue weighted by molar-refractivity contribution is 5.89. The molecule has 0 unspecified atom stereocenters. The van der Waals surface area contributed by atoms with E-state index in [1.54, 1.807) is 13.3 Å². The van der Waals surface area contributed by atoms with E-state index in [1.807, 2.05) is 35.0 Å². The van der Waals surface area contributed by atoms with E-state index >= 15 is 0 Å². The third-order valence-corrected chi connectivity index (χ3v) is 4.26. The number of ether oxygens (including phenoxy) is 2. The Balaban J connectivity index is 1.50. The molecule has 1 amide bonds. The molecule has 3 rings (SSSR count). The number of nitrogens with one attached hydrogen (secondary N) is 1. The van der Waals surface area contributed by atoms with Gasteiger partial charge in [-0.3, -0.25) is 4.79 Å². The van der Waals surface area contributed by atoms with Gasteiger partial charge in [0.05, 0.1) is 32.4 Å². The van der Waals surface area contributed by atoms with Crippen molar-refractivity contribution >= 4 is 11.7 Å². The molecule has 0 radical (unpaired) electrons. The monoisotopic (exact) mass is 329 g/mol. The predicted octanol–water partition coefficient (Wildman–Crippen LogP) is 3.41. The number of nitrogens with zero attached hydrogens (tertiary/aromatic N) is 2. The number of amides is 1. The molecule has 1 aliphatic rings. The van der Waals surface area contributed by atoms with Gasteiger partial charge in [0.15, 0.2) is 11.5 Å². The highest BCUT2D eigenvalue weighted by Gasteiger charge is 2.20. The molecule has 0 aliphatic heterocycles. The first-order valence-corrected chi connectivity index (χ1v) is 8.37. The van der Waals surface area contributed by atoms with Gasteiger partial charge in [0, 0.05) is 6.07 Å². The topological polar surface area (TPSA) is 65.4 Å². The third kappa shape index (κ3) is 3.88. The first-order valence-electron chi connectivity index (χ1n) is 8.37. The molecule has 0 bridgehead atoms. The zero-order valence-electron chi connectivity index (χ0n) is 13.9. The van der Waals surface area contributed by atoms with Crippen molar-refractivity contribution in [2.75, 3.05) is 19.0 Å². The van der Waals surface area contributed by atoms with E-state index < -0.39 is 0 Å². The van der Waals surface area contributed by atoms with Gasteiger partial charge in [-0.2, -0.15) is 5.10 Å². The predicted molar refractivity (Wildman–Crippen MR) is 91.5 cm³/mol. The number of aromatic nitrogens is 2. The molecule has 0 spiro atoms. The van der Waals surface area contributed by atoms with Crippen LogP contribution in [0, 0.1) is 0 Å². The van der Waals surface area contributed by atoms with E-state index in [1.165, 1.54) is 12.8 Å². The van der Waals surface area contributed by atoms with Crippen molar-refractivity contribution in [3.63, 3.8) is 0 Å². The number of para-hydroxylation sites is 2. The molecule has 6 heteroatoms. The van der Waals surface area contributed by atoms with E-state index in [4.69, 9.17) is 9.47 Å². The van der Waals surface area contributed by atoms with E-state index in [0.29, 0.717) is 24.1 Å². The fourth-order valence-electron chi connectivity index (χ4n) is 3.05. The smallest absolute Gasteiger partial charge is 0.228 e. The number of hydrogen-bond acceptors (Lipinski definition) is 4. The van der Waals surface area contributed by atoms with Crippen LogP contribution in [-0.4, -0.2) is 29.4 Å². The number of anilines is 1. The van der Waals surface area contributed by atoms with Gasteiger partial charge in [0.25, 0.3) is 0 Å². The highest BCUT2D eigenvalue weighted by atomic mass is 16.5. The van der Waals surface area contributed by atoms with Crippen LogP contribution < -0.4 is 14.8 Å². The Labute approximate surface area is 141 Å². The van der Waals surface area contributed by atoms with Crippen LogP contribution in [0.5, 0.6) is 11.5 Å². The van der Waals surface area contributed by atoms with Crippen molar-refractivity contribution in [1.29, 1.82) is 0 Å². The maximum Gasteiger partial charge on any atom is 0.228 e. The number of carbonyl (C=O) groups is 1. The average molecular weight is 329 g/mol. The molecule has 24 heavy (non-hydrogen) atoms. The Kier molecular flexibility index (Phi) is 5.36. The second-order valence-corrected chi connectivity index (χ2v) is 5.90. The van der Waals surface area contributed by atoms with Gasteiger partial charge < -0.3 is 14.8 Å². The van der Waals surface area contributed by atoms with Crippen molar-refractivity contribution in [3.8, 4) is 11.5 Å². The fourth-order valence-corrected chi connectivity index (χ4v) is 3.05. The first-order chi connectivity index (χ1) is 11.8. The van der Waals surface area contributed by atoms with Crippen molar-refractivity contribution in [3.05, 3.63) is 36.5 Å². The normalized spacial score (nSPS) is 14.5. The van der Waals surface area contributed by atoms with Gasteiger partial charge >= 0.3 is 0 Å². The van der Waals surface area contributed by atoms with E-state index in [-0.39, 0.29) is 12.3 Å². The number of carbonyl (C=O) groups excluding carboxylic acids is 1. The summed E-state index contributed by atoms with van der Waals surface area (Å²) in [5, 5.41) is 7.29. The Hall–Kier alpha value is -2.50. The zero-order chi connectivity index (χ0) is 16.8. The number of rotatable bonds is 7. The summed E-state index contributed by atoms with van der Waals surface area (Å²) in [7, 11) is 1.60. The molecule has 6 nitrogen and oxygen atoms in total. The minimum absolute atomic E-state index is 0.0790. The van der Waals surface area contributed by atoms with Crippen LogP contribution in [0.25, 0.3) is 0 Å². The van der Waals surface area contributed by atoms with Crippen LogP contribution in [0.1, 0.15) is 38.1 Å². The lowest BCUT2D eigenvalue weighted by atomic mass is 10.2. The highest BCUT2D eigenvalue weighted by Crippen LogP contribution is 2.31. The van der Waals surface area contributed by atoms with Crippen LogP contribution in [0.15, 0.2) is 36.5 Å². The van der Waals surface area contributed by atoms with Crippen LogP contribution in [0.3, 0.4) is 0 Å². The average Bonchev–Trinajstić information content (AvgIpc) is 3.26. The van der Waals surface area contributed by atoms with E-state index in [9.17, 15) is 4.79 Å². The Morgan fingerprint density at radius 1 is 1.25 bits per heavy atom. The van der Waals surface area contributed by atoms with Crippen molar-refractivity contribution < 1.29 is 14.3 Å².